The summed E-state index contributed by atoms with van der Waals surface area (Å²) in [6.45, 7) is 2.46. The van der Waals surface area contributed by atoms with Crippen LogP contribution in [0.2, 0.25) is 0 Å². The molecule has 1 N–H and O–H groups in total. The largest absolute Gasteiger partial charge is 0.456 e. The van der Waals surface area contributed by atoms with Gasteiger partial charge < -0.3 is 19.7 Å². The fraction of sp³-hybridized carbons (Fsp3) is 0.556. The van der Waals surface area contributed by atoms with Crippen LogP contribution in [0.5, 0.6) is 11.5 Å². The zero-order valence-corrected chi connectivity index (χ0v) is 22.2. The summed E-state index contributed by atoms with van der Waals surface area (Å²) in [6.07, 6.45) is 14.1. The van der Waals surface area contributed by atoms with E-state index in [1.165, 1.54) is 38.5 Å². The van der Waals surface area contributed by atoms with Gasteiger partial charge in [-0.15, -0.1) is 0 Å². The average molecular weight is 517 g/mol. The first-order valence-corrected chi connectivity index (χ1v) is 15.2. The summed E-state index contributed by atoms with van der Waals surface area (Å²) >= 11 is 0. The van der Waals surface area contributed by atoms with E-state index in [0.29, 0.717) is 29.8 Å². The minimum Gasteiger partial charge on any atom is -0.456 e. The van der Waals surface area contributed by atoms with Crippen molar-refractivity contribution in [2.24, 2.45) is 10.3 Å². The lowest BCUT2D eigenvalue weighted by Gasteiger charge is -2.20. The second kappa shape index (κ2) is 12.5. The first kappa shape index (κ1) is 26.4. The van der Waals surface area contributed by atoms with Crippen molar-refractivity contribution < 1.29 is 19.9 Å². The van der Waals surface area contributed by atoms with Crippen molar-refractivity contribution in [3.8, 4) is 11.5 Å². The van der Waals surface area contributed by atoms with E-state index < -0.39 is 9.73 Å². The van der Waals surface area contributed by atoms with Crippen LogP contribution < -0.4 is 15.0 Å². The first-order valence-electron chi connectivity index (χ1n) is 12.9. The minimum absolute atomic E-state index is 0. The van der Waals surface area contributed by atoms with Crippen LogP contribution in [0.3, 0.4) is 0 Å². The third kappa shape index (κ3) is 9.09. The SMILES string of the molecule is C1CCC1.CS(C)(=O)=Nc1ccc(Oc2cccc(N3CC[C@H](NC(=O)COCC4CC4)C3)c2)cn1.[HH]. The van der Waals surface area contributed by atoms with Gasteiger partial charge in [-0.25, -0.2) is 9.19 Å². The Balaban J connectivity index is 0.000000694. The summed E-state index contributed by atoms with van der Waals surface area (Å²) in [5.74, 6) is 2.32. The van der Waals surface area contributed by atoms with Crippen molar-refractivity contribution in [1.29, 1.82) is 0 Å². The van der Waals surface area contributed by atoms with Gasteiger partial charge in [0, 0.05) is 54.6 Å². The van der Waals surface area contributed by atoms with E-state index in [2.05, 4.69) is 19.6 Å². The van der Waals surface area contributed by atoms with Gasteiger partial charge in [0.2, 0.25) is 5.91 Å². The standard InChI is InChI=1S/C23H30N4O4S.C4H8.H2/c1-32(2,29)26-22-9-8-21(13-24-22)31-20-5-3-4-19(12-20)27-11-10-18(14-27)25-23(28)16-30-15-17-6-7-17;1-2-4-3-1;/h3-5,8-9,12-13,17-18H,6-7,10-11,14-16H2,1-2H3,(H,25,28);1-4H2;1H/t18-;;/m0../s1. The number of benzene rings is 1. The lowest BCUT2D eigenvalue weighted by Crippen LogP contribution is -2.39. The topological polar surface area (TPSA) is 93.1 Å². The summed E-state index contributed by atoms with van der Waals surface area (Å²) in [5.41, 5.74) is 1.04. The highest BCUT2D eigenvalue weighted by Crippen LogP contribution is 2.29. The molecule has 1 amide bonds. The summed E-state index contributed by atoms with van der Waals surface area (Å²) in [6, 6.07) is 11.4. The average Bonchev–Trinajstić information content (AvgIpc) is 3.49. The van der Waals surface area contributed by atoms with Gasteiger partial charge >= 0.3 is 0 Å². The predicted octanol–water partition coefficient (Wildman–Crippen LogP) is 5.16. The molecule has 1 aliphatic heterocycles. The summed E-state index contributed by atoms with van der Waals surface area (Å²) in [4.78, 5) is 18.5. The predicted molar refractivity (Wildman–Crippen MR) is 146 cm³/mol. The number of pyridine rings is 1. The molecule has 1 aromatic carbocycles. The zero-order chi connectivity index (χ0) is 25.4. The molecule has 1 aromatic heterocycles. The van der Waals surface area contributed by atoms with Crippen LogP contribution in [0.1, 0.15) is 46.4 Å². The highest BCUT2D eigenvalue weighted by atomic mass is 32.2. The van der Waals surface area contributed by atoms with Crippen LogP contribution in [0.15, 0.2) is 47.0 Å². The molecule has 1 saturated heterocycles. The Bertz CT molecular complexity index is 1120. The maximum absolute atomic E-state index is 12.1. The summed E-state index contributed by atoms with van der Waals surface area (Å²) in [5, 5.41) is 3.07. The van der Waals surface area contributed by atoms with E-state index in [1.807, 2.05) is 24.3 Å². The van der Waals surface area contributed by atoms with E-state index in [9.17, 15) is 9.00 Å². The molecule has 36 heavy (non-hydrogen) atoms. The Morgan fingerprint density at radius 3 is 2.56 bits per heavy atom. The zero-order valence-electron chi connectivity index (χ0n) is 21.4. The van der Waals surface area contributed by atoms with E-state index in [4.69, 9.17) is 9.47 Å². The molecule has 0 bridgehead atoms. The molecule has 2 heterocycles. The van der Waals surface area contributed by atoms with Crippen molar-refractivity contribution in [2.75, 3.05) is 43.7 Å². The minimum atomic E-state index is -2.25. The molecule has 9 heteroatoms. The van der Waals surface area contributed by atoms with E-state index in [1.54, 1.807) is 30.8 Å². The maximum atomic E-state index is 12.1. The molecule has 1 atom stereocenters. The van der Waals surface area contributed by atoms with Gasteiger partial charge in [-0.3, -0.25) is 4.79 Å². The molecule has 3 aliphatic rings. The Labute approximate surface area is 216 Å². The molecular weight excluding hydrogens is 476 g/mol. The van der Waals surface area contributed by atoms with Crippen LogP contribution in [-0.2, 0) is 19.3 Å². The van der Waals surface area contributed by atoms with Gasteiger partial charge in [0.15, 0.2) is 5.82 Å². The Kier molecular flexibility index (Phi) is 9.20. The molecule has 2 aliphatic carbocycles. The number of anilines is 1. The molecule has 5 rings (SSSR count). The molecule has 198 valence electrons. The number of nitrogens with zero attached hydrogens (tertiary/aromatic N) is 3. The Hall–Kier alpha value is -2.65. The summed E-state index contributed by atoms with van der Waals surface area (Å²) < 4.78 is 27.3. The molecular formula is C27H40N4O4S. The second-order valence-electron chi connectivity index (χ2n) is 10.1. The molecule has 0 radical (unpaired) electrons. The quantitative estimate of drug-likeness (QED) is 0.495. The third-order valence-electron chi connectivity index (χ3n) is 6.29. The number of carbonyl (C=O) groups is 1. The van der Waals surface area contributed by atoms with E-state index in [0.717, 1.165) is 25.2 Å². The lowest BCUT2D eigenvalue weighted by molar-refractivity contribution is -0.126. The van der Waals surface area contributed by atoms with Crippen molar-refractivity contribution in [3.05, 3.63) is 42.6 Å². The van der Waals surface area contributed by atoms with E-state index in [-0.39, 0.29) is 20.0 Å². The van der Waals surface area contributed by atoms with Gasteiger partial charge in [0.05, 0.1) is 12.8 Å². The van der Waals surface area contributed by atoms with Crippen molar-refractivity contribution in [1.82, 2.24) is 10.3 Å². The van der Waals surface area contributed by atoms with Crippen molar-refractivity contribution in [3.63, 3.8) is 0 Å². The molecule has 2 aromatic rings. The number of ether oxygens (including phenoxy) is 2. The fourth-order valence-electron chi connectivity index (χ4n) is 3.83. The number of rotatable bonds is 9. The van der Waals surface area contributed by atoms with E-state index >= 15 is 0 Å². The molecule has 3 fully saturated rings. The van der Waals surface area contributed by atoms with Gasteiger partial charge in [-0.2, -0.15) is 4.36 Å². The highest BCUT2D eigenvalue weighted by molar-refractivity contribution is 7.92. The number of nitrogens with one attached hydrogen (secondary N) is 1. The van der Waals surface area contributed by atoms with Crippen molar-refractivity contribution >= 4 is 27.1 Å². The summed E-state index contributed by atoms with van der Waals surface area (Å²) in [7, 11) is -2.25. The third-order valence-corrected chi connectivity index (χ3v) is 6.92. The maximum Gasteiger partial charge on any atom is 0.246 e. The van der Waals surface area contributed by atoms with Gasteiger partial charge in [0.1, 0.15) is 18.1 Å². The molecule has 2 saturated carbocycles. The number of aromatic nitrogens is 1. The van der Waals surface area contributed by atoms with Gasteiger partial charge in [-0.05, 0) is 49.4 Å². The highest BCUT2D eigenvalue weighted by Gasteiger charge is 2.25. The van der Waals surface area contributed by atoms with Crippen LogP contribution in [0.25, 0.3) is 0 Å². The normalized spacial score (nSPS) is 19.1. The van der Waals surface area contributed by atoms with Gasteiger partial charge in [-0.1, -0.05) is 31.7 Å². The van der Waals surface area contributed by atoms with Crippen LogP contribution >= 0.6 is 0 Å². The number of hydrogen-bond donors (Lipinski definition) is 1. The van der Waals surface area contributed by atoms with Crippen molar-refractivity contribution in [2.45, 2.75) is 51.0 Å². The molecule has 8 nitrogen and oxygen atoms in total. The number of carbonyl (C=O) groups excluding carboxylic acids is 1. The van der Waals surface area contributed by atoms with Gasteiger partial charge in [0.25, 0.3) is 0 Å². The first-order chi connectivity index (χ1) is 17.3. The number of amides is 1. The Morgan fingerprint density at radius 1 is 1.14 bits per heavy atom. The monoisotopic (exact) mass is 516 g/mol. The smallest absolute Gasteiger partial charge is 0.246 e. The van der Waals surface area contributed by atoms with Crippen LogP contribution in [0, 0.1) is 5.92 Å². The molecule has 0 unspecified atom stereocenters. The van der Waals surface area contributed by atoms with Crippen LogP contribution in [-0.4, -0.2) is 60.0 Å². The second-order valence-corrected chi connectivity index (χ2v) is 12.6. The Morgan fingerprint density at radius 2 is 1.92 bits per heavy atom. The number of hydrogen-bond acceptors (Lipinski definition) is 7. The van der Waals surface area contributed by atoms with Crippen LogP contribution in [0.4, 0.5) is 11.5 Å². The fourth-order valence-corrected chi connectivity index (χ4v) is 4.39. The molecule has 0 spiro atoms. The lowest BCUT2D eigenvalue weighted by atomic mass is 10.0.